The molecule has 0 saturated carbocycles. The van der Waals surface area contributed by atoms with Crippen LogP contribution in [-0.4, -0.2) is 44.8 Å². The normalized spacial score (nSPS) is 11.7. The van der Waals surface area contributed by atoms with Gasteiger partial charge in [0.05, 0.1) is 6.61 Å². The van der Waals surface area contributed by atoms with Crippen LogP contribution in [0.4, 0.5) is 0 Å². The van der Waals surface area contributed by atoms with Crippen LogP contribution in [0.5, 0.6) is 5.75 Å². The molecule has 1 aromatic rings. The first-order valence-corrected chi connectivity index (χ1v) is 6.27. The van der Waals surface area contributed by atoms with Crippen LogP contribution in [0.1, 0.15) is 13.3 Å². The van der Waals surface area contributed by atoms with Crippen molar-refractivity contribution in [2.45, 2.75) is 13.3 Å². The second-order valence-electron chi connectivity index (χ2n) is 4.15. The predicted molar refractivity (Wildman–Crippen MR) is 74.2 cm³/mol. The SMILES string of the molecule is CCOC(=NCCCN(C)C)Oc1ccccc1. The van der Waals surface area contributed by atoms with E-state index < -0.39 is 0 Å². The zero-order chi connectivity index (χ0) is 13.2. The van der Waals surface area contributed by atoms with E-state index in [0.29, 0.717) is 19.2 Å². The number of ether oxygens (including phenoxy) is 2. The lowest BCUT2D eigenvalue weighted by Crippen LogP contribution is -2.16. The Bertz CT molecular complexity index is 350. The number of benzene rings is 1. The maximum Gasteiger partial charge on any atom is 0.389 e. The molecule has 18 heavy (non-hydrogen) atoms. The molecule has 0 fully saturated rings. The van der Waals surface area contributed by atoms with Crippen molar-refractivity contribution in [3.63, 3.8) is 0 Å². The van der Waals surface area contributed by atoms with Gasteiger partial charge < -0.3 is 14.4 Å². The minimum Gasteiger partial charge on any atom is -0.451 e. The first kappa shape index (κ1) is 14.5. The molecule has 4 heteroatoms. The molecule has 1 aromatic carbocycles. The van der Waals surface area contributed by atoms with Crippen LogP contribution in [-0.2, 0) is 4.74 Å². The second kappa shape index (κ2) is 8.53. The smallest absolute Gasteiger partial charge is 0.389 e. The van der Waals surface area contributed by atoms with Crippen molar-refractivity contribution in [1.29, 1.82) is 0 Å². The Kier molecular flexibility index (Phi) is 6.87. The van der Waals surface area contributed by atoms with Crippen molar-refractivity contribution in [3.05, 3.63) is 30.3 Å². The quantitative estimate of drug-likeness (QED) is 0.442. The molecule has 0 heterocycles. The minimum absolute atomic E-state index is 0.349. The van der Waals surface area contributed by atoms with E-state index in [1.807, 2.05) is 51.4 Å². The molecule has 0 bridgehead atoms. The van der Waals surface area contributed by atoms with Gasteiger partial charge in [0.1, 0.15) is 5.75 Å². The van der Waals surface area contributed by atoms with Gasteiger partial charge in [-0.05, 0) is 46.1 Å². The number of rotatable bonds is 6. The first-order chi connectivity index (χ1) is 8.72. The van der Waals surface area contributed by atoms with E-state index in [2.05, 4.69) is 9.89 Å². The maximum absolute atomic E-state index is 5.58. The Balaban J connectivity index is 2.46. The van der Waals surface area contributed by atoms with Gasteiger partial charge in [0.15, 0.2) is 0 Å². The van der Waals surface area contributed by atoms with Crippen LogP contribution in [0.2, 0.25) is 0 Å². The summed E-state index contributed by atoms with van der Waals surface area (Å²) >= 11 is 0. The van der Waals surface area contributed by atoms with Gasteiger partial charge in [0, 0.05) is 6.54 Å². The molecule has 0 amide bonds. The van der Waals surface area contributed by atoms with Gasteiger partial charge >= 0.3 is 6.08 Å². The molecule has 0 unspecified atom stereocenters. The average Bonchev–Trinajstić information content (AvgIpc) is 2.36. The largest absolute Gasteiger partial charge is 0.451 e. The third kappa shape index (κ3) is 6.25. The lowest BCUT2D eigenvalue weighted by atomic mass is 10.3. The molecular weight excluding hydrogens is 228 g/mol. The highest BCUT2D eigenvalue weighted by Gasteiger charge is 2.02. The van der Waals surface area contributed by atoms with Gasteiger partial charge in [-0.25, -0.2) is 4.99 Å². The summed E-state index contributed by atoms with van der Waals surface area (Å²) in [5.74, 6) is 0.748. The number of hydrogen-bond donors (Lipinski definition) is 0. The van der Waals surface area contributed by atoms with Gasteiger partial charge in [-0.3, -0.25) is 0 Å². The summed E-state index contributed by atoms with van der Waals surface area (Å²) in [6.45, 7) is 4.19. The highest BCUT2D eigenvalue weighted by Crippen LogP contribution is 2.09. The molecule has 0 atom stereocenters. The molecule has 4 nitrogen and oxygen atoms in total. The third-order valence-electron chi connectivity index (χ3n) is 2.22. The average molecular weight is 250 g/mol. The Morgan fingerprint density at radius 1 is 1.22 bits per heavy atom. The summed E-state index contributed by atoms with van der Waals surface area (Å²) < 4.78 is 10.9. The molecular formula is C14H22N2O2. The van der Waals surface area contributed by atoms with Crippen molar-refractivity contribution in [1.82, 2.24) is 4.90 Å². The fourth-order valence-electron chi connectivity index (χ4n) is 1.38. The number of nitrogens with zero attached hydrogens (tertiary/aromatic N) is 2. The molecule has 0 aliphatic carbocycles. The fraction of sp³-hybridized carbons (Fsp3) is 0.500. The summed E-state index contributed by atoms with van der Waals surface area (Å²) in [5, 5.41) is 0. The number of para-hydroxylation sites is 1. The molecule has 0 aliphatic heterocycles. The zero-order valence-electron chi connectivity index (χ0n) is 11.4. The Morgan fingerprint density at radius 3 is 2.56 bits per heavy atom. The maximum atomic E-state index is 5.58. The Labute approximate surface area is 109 Å². The fourth-order valence-corrected chi connectivity index (χ4v) is 1.38. The van der Waals surface area contributed by atoms with Crippen LogP contribution in [0.25, 0.3) is 0 Å². The van der Waals surface area contributed by atoms with E-state index in [9.17, 15) is 0 Å². The zero-order valence-corrected chi connectivity index (χ0v) is 11.4. The van der Waals surface area contributed by atoms with Gasteiger partial charge in [-0.1, -0.05) is 18.2 Å². The third-order valence-corrected chi connectivity index (χ3v) is 2.22. The van der Waals surface area contributed by atoms with Crippen LogP contribution in [0.15, 0.2) is 35.3 Å². The van der Waals surface area contributed by atoms with E-state index in [4.69, 9.17) is 9.47 Å². The Morgan fingerprint density at radius 2 is 1.94 bits per heavy atom. The van der Waals surface area contributed by atoms with Crippen LogP contribution in [0.3, 0.4) is 0 Å². The van der Waals surface area contributed by atoms with E-state index >= 15 is 0 Å². The second-order valence-corrected chi connectivity index (χ2v) is 4.15. The molecule has 100 valence electrons. The van der Waals surface area contributed by atoms with Crippen molar-refractivity contribution < 1.29 is 9.47 Å². The predicted octanol–water partition coefficient (Wildman–Crippen LogP) is 2.41. The summed E-state index contributed by atoms with van der Waals surface area (Å²) in [5.41, 5.74) is 0. The van der Waals surface area contributed by atoms with Gasteiger partial charge in [-0.15, -0.1) is 0 Å². The lowest BCUT2D eigenvalue weighted by molar-refractivity contribution is 0.248. The van der Waals surface area contributed by atoms with Crippen molar-refractivity contribution in [3.8, 4) is 5.75 Å². The molecule has 0 N–H and O–H groups in total. The van der Waals surface area contributed by atoms with E-state index in [1.165, 1.54) is 0 Å². The van der Waals surface area contributed by atoms with Crippen LogP contribution in [0, 0.1) is 0 Å². The topological polar surface area (TPSA) is 34.1 Å². The van der Waals surface area contributed by atoms with Crippen molar-refractivity contribution in [2.24, 2.45) is 4.99 Å². The minimum atomic E-state index is 0.349. The molecule has 0 aliphatic rings. The summed E-state index contributed by atoms with van der Waals surface area (Å²) in [6, 6.07) is 9.56. The van der Waals surface area contributed by atoms with Crippen molar-refractivity contribution in [2.75, 3.05) is 33.8 Å². The van der Waals surface area contributed by atoms with E-state index in [0.717, 1.165) is 18.7 Å². The summed E-state index contributed by atoms with van der Waals surface area (Å²) in [6.07, 6.45) is 1.34. The van der Waals surface area contributed by atoms with Crippen LogP contribution >= 0.6 is 0 Å². The van der Waals surface area contributed by atoms with Crippen molar-refractivity contribution >= 4 is 6.08 Å². The van der Waals surface area contributed by atoms with Crippen LogP contribution < -0.4 is 4.74 Å². The molecule has 0 aromatic heterocycles. The highest BCUT2D eigenvalue weighted by atomic mass is 16.7. The summed E-state index contributed by atoms with van der Waals surface area (Å²) in [4.78, 5) is 6.46. The summed E-state index contributed by atoms with van der Waals surface area (Å²) in [7, 11) is 4.10. The number of hydrogen-bond acceptors (Lipinski definition) is 4. The standard InChI is InChI=1S/C14H22N2O2/c1-4-17-14(15-11-8-12-16(2)3)18-13-9-6-5-7-10-13/h5-7,9-10H,4,8,11-12H2,1-3H3. The molecule has 0 saturated heterocycles. The van der Waals surface area contributed by atoms with Gasteiger partial charge in [0.25, 0.3) is 0 Å². The monoisotopic (exact) mass is 250 g/mol. The van der Waals surface area contributed by atoms with E-state index in [-0.39, 0.29) is 0 Å². The van der Waals surface area contributed by atoms with E-state index in [1.54, 1.807) is 0 Å². The lowest BCUT2D eigenvalue weighted by Gasteiger charge is -2.10. The van der Waals surface area contributed by atoms with Gasteiger partial charge in [0.2, 0.25) is 0 Å². The Hall–Kier alpha value is -1.55. The van der Waals surface area contributed by atoms with Gasteiger partial charge in [-0.2, -0.15) is 0 Å². The first-order valence-electron chi connectivity index (χ1n) is 6.27. The number of aliphatic imine (C=N–C) groups is 1. The molecule has 0 radical (unpaired) electrons. The highest BCUT2D eigenvalue weighted by molar-refractivity contribution is 5.69. The molecule has 0 spiro atoms. The molecule has 1 rings (SSSR count).